The number of carbonyl (C=O) groups excluding carboxylic acids is 1. The van der Waals surface area contributed by atoms with Crippen molar-refractivity contribution in [1.29, 1.82) is 0 Å². The molecule has 9 nitrogen and oxygen atoms in total. The third-order valence-electron chi connectivity index (χ3n) is 6.81. The van der Waals surface area contributed by atoms with E-state index in [-0.39, 0.29) is 5.91 Å². The number of carbonyl (C=O) groups is 1. The van der Waals surface area contributed by atoms with Crippen LogP contribution >= 0.6 is 0 Å². The van der Waals surface area contributed by atoms with E-state index < -0.39 is 0 Å². The molecule has 9 heteroatoms. The van der Waals surface area contributed by atoms with Gasteiger partial charge in [-0.15, -0.1) is 0 Å². The normalized spacial score (nSPS) is 13.9. The number of amides is 1. The first kappa shape index (κ1) is 24.8. The Morgan fingerprint density at radius 3 is 2.77 bits per heavy atom. The lowest BCUT2D eigenvalue weighted by Crippen LogP contribution is -2.38. The van der Waals surface area contributed by atoms with Gasteiger partial charge in [0.1, 0.15) is 18.0 Å². The Morgan fingerprint density at radius 1 is 1.03 bits per heavy atom. The minimum absolute atomic E-state index is 0.226. The summed E-state index contributed by atoms with van der Waals surface area (Å²) in [5.74, 6) is 0.590. The second kappa shape index (κ2) is 11.5. The molecule has 0 bridgehead atoms. The van der Waals surface area contributed by atoms with Crippen LogP contribution in [0.4, 0.5) is 5.69 Å². The summed E-state index contributed by atoms with van der Waals surface area (Å²) in [5.41, 5.74) is 4.91. The molecule has 2 aromatic carbocycles. The third-order valence-corrected chi connectivity index (χ3v) is 6.81. The number of pyridine rings is 1. The Hall–Kier alpha value is -4.47. The van der Waals surface area contributed by atoms with Gasteiger partial charge in [0, 0.05) is 49.2 Å². The number of nitrogens with zero attached hydrogens (tertiary/aromatic N) is 4. The fourth-order valence-electron chi connectivity index (χ4n) is 4.68. The summed E-state index contributed by atoms with van der Waals surface area (Å²) in [7, 11) is 0. The predicted octanol–water partition coefficient (Wildman–Crippen LogP) is 4.44. The molecule has 4 heterocycles. The summed E-state index contributed by atoms with van der Waals surface area (Å²) < 4.78 is 13.2. The molecular weight excluding hydrogens is 492 g/mol. The molecule has 5 aromatic rings. The second-order valence-corrected chi connectivity index (χ2v) is 9.52. The van der Waals surface area contributed by atoms with Gasteiger partial charge in [-0.25, -0.2) is 4.98 Å². The van der Waals surface area contributed by atoms with Crippen molar-refractivity contribution in [3.63, 3.8) is 0 Å². The summed E-state index contributed by atoms with van der Waals surface area (Å²) in [6, 6.07) is 20.1. The molecule has 1 aliphatic rings. The maximum atomic E-state index is 13.0. The molecule has 1 aliphatic heterocycles. The van der Waals surface area contributed by atoms with Crippen LogP contribution in [0, 0.1) is 0 Å². The Labute approximate surface area is 226 Å². The highest BCUT2D eigenvalue weighted by Gasteiger charge is 2.14. The fraction of sp³-hybridized carbons (Fsp3) is 0.233. The number of aromatic nitrogens is 4. The second-order valence-electron chi connectivity index (χ2n) is 9.52. The van der Waals surface area contributed by atoms with Crippen LogP contribution < -0.4 is 10.1 Å². The van der Waals surface area contributed by atoms with Crippen molar-refractivity contribution < 1.29 is 14.3 Å². The molecule has 0 spiro atoms. The van der Waals surface area contributed by atoms with Crippen molar-refractivity contribution >= 4 is 22.6 Å². The van der Waals surface area contributed by atoms with E-state index in [1.54, 1.807) is 23.3 Å². The van der Waals surface area contributed by atoms with Crippen molar-refractivity contribution in [1.82, 2.24) is 24.6 Å². The van der Waals surface area contributed by atoms with Crippen molar-refractivity contribution in [2.45, 2.75) is 6.54 Å². The maximum Gasteiger partial charge on any atom is 0.258 e. The van der Waals surface area contributed by atoms with Gasteiger partial charge in [0.15, 0.2) is 0 Å². The smallest absolute Gasteiger partial charge is 0.258 e. The SMILES string of the molecule is O=C(Nc1c[nH]c2ncc(-c3cccc(OCCN4CCOCC4)c3)cc12)c1cnn(Cc2ccccc2)c1. The van der Waals surface area contributed by atoms with Crippen molar-refractivity contribution in [3.8, 4) is 16.9 Å². The molecule has 0 unspecified atom stereocenters. The third kappa shape index (κ3) is 6.00. The maximum absolute atomic E-state index is 13.0. The number of rotatable bonds is 9. The number of benzene rings is 2. The Balaban J connectivity index is 1.13. The summed E-state index contributed by atoms with van der Waals surface area (Å²) in [5, 5.41) is 8.18. The number of H-pyrrole nitrogens is 1. The summed E-state index contributed by atoms with van der Waals surface area (Å²) in [4.78, 5) is 23.1. The van der Waals surface area contributed by atoms with E-state index >= 15 is 0 Å². The lowest BCUT2D eigenvalue weighted by atomic mass is 10.1. The predicted molar refractivity (Wildman–Crippen MR) is 150 cm³/mol. The Kier molecular flexibility index (Phi) is 7.33. The Morgan fingerprint density at radius 2 is 1.90 bits per heavy atom. The van der Waals surface area contributed by atoms with Crippen LogP contribution in [0.5, 0.6) is 5.75 Å². The summed E-state index contributed by atoms with van der Waals surface area (Å²) in [6.07, 6.45) is 6.93. The lowest BCUT2D eigenvalue weighted by Gasteiger charge is -2.26. The number of aromatic amines is 1. The van der Waals surface area contributed by atoms with Gasteiger partial charge in [-0.1, -0.05) is 42.5 Å². The van der Waals surface area contributed by atoms with Crippen molar-refractivity contribution in [2.24, 2.45) is 0 Å². The molecule has 0 radical (unpaired) electrons. The molecule has 0 atom stereocenters. The molecule has 39 heavy (non-hydrogen) atoms. The van der Waals surface area contributed by atoms with Crippen LogP contribution in [0.25, 0.3) is 22.2 Å². The number of ether oxygens (including phenoxy) is 2. The van der Waals surface area contributed by atoms with Crippen LogP contribution in [0.1, 0.15) is 15.9 Å². The monoisotopic (exact) mass is 522 g/mol. The lowest BCUT2D eigenvalue weighted by molar-refractivity contribution is 0.0322. The van der Waals surface area contributed by atoms with E-state index in [0.29, 0.717) is 30.0 Å². The van der Waals surface area contributed by atoms with E-state index in [1.807, 2.05) is 66.9 Å². The highest BCUT2D eigenvalue weighted by Crippen LogP contribution is 2.29. The van der Waals surface area contributed by atoms with Crippen molar-refractivity contribution in [3.05, 3.63) is 96.6 Å². The average Bonchev–Trinajstić information content (AvgIpc) is 3.61. The first-order valence-electron chi connectivity index (χ1n) is 13.1. The minimum atomic E-state index is -0.226. The van der Waals surface area contributed by atoms with Crippen molar-refractivity contribution in [2.75, 3.05) is 44.8 Å². The quantitative estimate of drug-likeness (QED) is 0.297. The number of morpholine rings is 1. The van der Waals surface area contributed by atoms with Gasteiger partial charge in [-0.3, -0.25) is 14.4 Å². The van der Waals surface area contributed by atoms with E-state index in [4.69, 9.17) is 9.47 Å². The molecule has 3 aromatic heterocycles. The van der Waals surface area contributed by atoms with E-state index in [0.717, 1.165) is 60.7 Å². The first-order valence-corrected chi connectivity index (χ1v) is 13.1. The van der Waals surface area contributed by atoms with Gasteiger partial charge < -0.3 is 19.8 Å². The zero-order chi connectivity index (χ0) is 26.4. The first-order chi connectivity index (χ1) is 19.2. The summed E-state index contributed by atoms with van der Waals surface area (Å²) in [6.45, 7) is 5.55. The van der Waals surface area contributed by atoms with Gasteiger partial charge in [-0.05, 0) is 29.3 Å². The Bertz CT molecular complexity index is 1560. The zero-order valence-corrected chi connectivity index (χ0v) is 21.5. The average molecular weight is 523 g/mol. The fourth-order valence-corrected chi connectivity index (χ4v) is 4.68. The molecule has 0 saturated carbocycles. The molecular formula is C30H30N6O3. The topological polar surface area (TPSA) is 97.3 Å². The number of fused-ring (bicyclic) bond motifs is 1. The number of nitrogens with one attached hydrogen (secondary N) is 2. The van der Waals surface area contributed by atoms with Gasteiger partial charge in [0.05, 0.1) is 37.2 Å². The van der Waals surface area contributed by atoms with Crippen LogP contribution in [-0.4, -0.2) is 70.0 Å². The minimum Gasteiger partial charge on any atom is -0.492 e. The molecule has 2 N–H and O–H groups in total. The van der Waals surface area contributed by atoms with E-state index in [2.05, 4.69) is 25.3 Å². The highest BCUT2D eigenvalue weighted by atomic mass is 16.5. The van der Waals surface area contributed by atoms with E-state index in [1.165, 1.54) is 0 Å². The van der Waals surface area contributed by atoms with Gasteiger partial charge >= 0.3 is 0 Å². The number of anilines is 1. The highest BCUT2D eigenvalue weighted by molar-refractivity contribution is 6.08. The number of hydrogen-bond acceptors (Lipinski definition) is 6. The van der Waals surface area contributed by atoms with Gasteiger partial charge in [0.2, 0.25) is 0 Å². The standard InChI is InChI=1S/C30H30N6O3/c37-30(25-18-33-36(21-25)20-22-5-2-1-3-6-22)34-28-19-32-29-27(28)16-24(17-31-29)23-7-4-8-26(15-23)39-14-11-35-9-12-38-13-10-35/h1-8,15-19,21H,9-14,20H2,(H,31,32)(H,34,37). The van der Waals surface area contributed by atoms with Crippen LogP contribution in [-0.2, 0) is 11.3 Å². The van der Waals surface area contributed by atoms with Gasteiger partial charge in [-0.2, -0.15) is 5.10 Å². The molecule has 198 valence electrons. The molecule has 1 amide bonds. The van der Waals surface area contributed by atoms with E-state index in [9.17, 15) is 4.79 Å². The largest absolute Gasteiger partial charge is 0.492 e. The molecule has 1 fully saturated rings. The van der Waals surface area contributed by atoms with Crippen LogP contribution in [0.3, 0.4) is 0 Å². The number of hydrogen-bond donors (Lipinski definition) is 2. The molecule has 6 rings (SSSR count). The van der Waals surface area contributed by atoms with Crippen LogP contribution in [0.15, 0.2) is 85.5 Å². The summed E-state index contributed by atoms with van der Waals surface area (Å²) >= 11 is 0. The molecule has 0 aliphatic carbocycles. The van der Waals surface area contributed by atoms with Crippen LogP contribution in [0.2, 0.25) is 0 Å². The molecule has 1 saturated heterocycles. The van der Waals surface area contributed by atoms with Gasteiger partial charge in [0.25, 0.3) is 5.91 Å². The zero-order valence-electron chi connectivity index (χ0n) is 21.5.